The van der Waals surface area contributed by atoms with Crippen LogP contribution in [0.3, 0.4) is 0 Å². The summed E-state index contributed by atoms with van der Waals surface area (Å²) >= 11 is 0. The summed E-state index contributed by atoms with van der Waals surface area (Å²) in [6, 6.07) is 4.18. The molecule has 84 valence electrons. The molecule has 3 atom stereocenters. The molecular weight excluding hydrogens is 196 g/mol. The first kappa shape index (κ1) is 9.88. The smallest absolute Gasteiger partial charge is 0.125 e. The van der Waals surface area contributed by atoms with Gasteiger partial charge in [0.1, 0.15) is 5.82 Å². The van der Waals surface area contributed by atoms with Gasteiger partial charge in [-0.1, -0.05) is 18.2 Å². The number of anilines is 1. The molecular formula is C14H18N2. The highest BCUT2D eigenvalue weighted by molar-refractivity contribution is 5.35. The molecule has 1 aromatic rings. The summed E-state index contributed by atoms with van der Waals surface area (Å²) in [5, 5.41) is 3.45. The van der Waals surface area contributed by atoms with Crippen LogP contribution in [0.15, 0.2) is 30.5 Å². The van der Waals surface area contributed by atoms with Gasteiger partial charge in [0.15, 0.2) is 0 Å². The van der Waals surface area contributed by atoms with Crippen LogP contribution in [-0.2, 0) is 0 Å². The van der Waals surface area contributed by atoms with Crippen LogP contribution in [0.4, 0.5) is 5.82 Å². The highest BCUT2D eigenvalue weighted by atomic mass is 15.0. The number of aromatic nitrogens is 1. The van der Waals surface area contributed by atoms with Gasteiger partial charge in [0.25, 0.3) is 0 Å². The van der Waals surface area contributed by atoms with Gasteiger partial charge in [0.05, 0.1) is 0 Å². The molecule has 2 aliphatic carbocycles. The summed E-state index contributed by atoms with van der Waals surface area (Å²) in [7, 11) is 0. The topological polar surface area (TPSA) is 24.9 Å². The van der Waals surface area contributed by atoms with E-state index in [1.165, 1.54) is 18.4 Å². The van der Waals surface area contributed by atoms with Crippen LogP contribution < -0.4 is 5.32 Å². The lowest BCUT2D eigenvalue weighted by Gasteiger charge is -2.18. The van der Waals surface area contributed by atoms with Crippen molar-refractivity contribution in [3.63, 3.8) is 0 Å². The van der Waals surface area contributed by atoms with E-state index in [2.05, 4.69) is 41.5 Å². The third kappa shape index (κ3) is 1.84. The molecule has 1 N–H and O–H groups in total. The van der Waals surface area contributed by atoms with E-state index >= 15 is 0 Å². The number of pyridine rings is 1. The summed E-state index contributed by atoms with van der Waals surface area (Å²) in [6.45, 7) is 3.14. The molecule has 16 heavy (non-hydrogen) atoms. The van der Waals surface area contributed by atoms with E-state index in [1.54, 1.807) is 0 Å². The number of aryl methyl sites for hydroxylation is 1. The molecule has 0 aromatic carbocycles. The molecule has 2 aliphatic rings. The quantitative estimate of drug-likeness (QED) is 0.782. The second-order valence-corrected chi connectivity index (χ2v) is 5.14. The number of fused-ring (bicyclic) bond motifs is 2. The normalized spacial score (nSPS) is 30.9. The lowest BCUT2D eigenvalue weighted by atomic mass is 9.94. The van der Waals surface area contributed by atoms with Gasteiger partial charge in [0, 0.05) is 12.7 Å². The van der Waals surface area contributed by atoms with Crippen molar-refractivity contribution >= 4 is 5.82 Å². The number of nitrogens with one attached hydrogen (secondary N) is 1. The minimum absolute atomic E-state index is 0.818. The van der Waals surface area contributed by atoms with Crippen molar-refractivity contribution in [2.45, 2.75) is 19.8 Å². The number of nitrogens with zero attached hydrogens (tertiary/aromatic N) is 1. The number of rotatable bonds is 3. The molecule has 2 heteroatoms. The van der Waals surface area contributed by atoms with E-state index in [0.717, 1.165) is 30.1 Å². The Morgan fingerprint density at radius 1 is 1.31 bits per heavy atom. The standard InChI is InChI=1S/C14H18N2/c1-10-2-5-14(15-8-10)16-9-13-7-11-3-4-12(13)6-11/h2-5,8,11-13H,6-7,9H2,1H3,(H,15,16). The van der Waals surface area contributed by atoms with Crippen LogP contribution in [0, 0.1) is 24.7 Å². The zero-order chi connectivity index (χ0) is 11.0. The molecule has 3 unspecified atom stereocenters. The Labute approximate surface area is 96.8 Å². The van der Waals surface area contributed by atoms with Gasteiger partial charge in [-0.2, -0.15) is 0 Å². The van der Waals surface area contributed by atoms with Crippen molar-refractivity contribution < 1.29 is 0 Å². The Bertz CT molecular complexity index is 394. The SMILES string of the molecule is Cc1ccc(NCC2CC3C=CC2C3)nc1. The van der Waals surface area contributed by atoms with Gasteiger partial charge in [-0.15, -0.1) is 0 Å². The Morgan fingerprint density at radius 3 is 2.88 bits per heavy atom. The molecule has 0 radical (unpaired) electrons. The van der Waals surface area contributed by atoms with E-state index in [1.807, 2.05) is 6.20 Å². The van der Waals surface area contributed by atoms with Gasteiger partial charge >= 0.3 is 0 Å². The van der Waals surface area contributed by atoms with Crippen LogP contribution >= 0.6 is 0 Å². The molecule has 2 nitrogen and oxygen atoms in total. The molecule has 0 saturated heterocycles. The highest BCUT2D eigenvalue weighted by Gasteiger charge is 2.35. The van der Waals surface area contributed by atoms with E-state index in [0.29, 0.717) is 0 Å². The van der Waals surface area contributed by atoms with Crippen molar-refractivity contribution in [1.29, 1.82) is 0 Å². The molecule has 1 saturated carbocycles. The number of hydrogen-bond donors (Lipinski definition) is 1. The minimum Gasteiger partial charge on any atom is -0.370 e. The third-order valence-corrected chi connectivity index (χ3v) is 3.87. The van der Waals surface area contributed by atoms with Gasteiger partial charge in [0.2, 0.25) is 0 Å². The first-order valence-electron chi connectivity index (χ1n) is 6.16. The third-order valence-electron chi connectivity index (χ3n) is 3.87. The fourth-order valence-electron chi connectivity index (χ4n) is 2.94. The Kier molecular flexibility index (Phi) is 2.43. The average molecular weight is 214 g/mol. The molecule has 1 aromatic heterocycles. The van der Waals surface area contributed by atoms with Gasteiger partial charge in [-0.25, -0.2) is 4.98 Å². The fraction of sp³-hybridized carbons (Fsp3) is 0.500. The summed E-state index contributed by atoms with van der Waals surface area (Å²) in [6.07, 6.45) is 9.46. The van der Waals surface area contributed by atoms with E-state index in [4.69, 9.17) is 0 Å². The van der Waals surface area contributed by atoms with E-state index < -0.39 is 0 Å². The van der Waals surface area contributed by atoms with Gasteiger partial charge < -0.3 is 5.32 Å². The van der Waals surface area contributed by atoms with Crippen LogP contribution in [0.2, 0.25) is 0 Å². The summed E-state index contributed by atoms with van der Waals surface area (Å²) < 4.78 is 0. The predicted molar refractivity (Wildman–Crippen MR) is 66.3 cm³/mol. The maximum atomic E-state index is 4.37. The van der Waals surface area contributed by atoms with Gasteiger partial charge in [-0.05, 0) is 49.1 Å². The van der Waals surface area contributed by atoms with Crippen LogP contribution in [-0.4, -0.2) is 11.5 Å². The van der Waals surface area contributed by atoms with E-state index in [9.17, 15) is 0 Å². The van der Waals surface area contributed by atoms with Crippen molar-refractivity contribution in [3.05, 3.63) is 36.0 Å². The number of allylic oxidation sites excluding steroid dienone is 2. The van der Waals surface area contributed by atoms with Gasteiger partial charge in [-0.3, -0.25) is 0 Å². The Balaban J connectivity index is 1.57. The lowest BCUT2D eigenvalue weighted by molar-refractivity contribution is 0.471. The predicted octanol–water partition coefficient (Wildman–Crippen LogP) is 3.01. The highest BCUT2D eigenvalue weighted by Crippen LogP contribution is 2.43. The molecule has 0 aliphatic heterocycles. The monoisotopic (exact) mass is 214 g/mol. The van der Waals surface area contributed by atoms with Crippen LogP contribution in [0.5, 0.6) is 0 Å². The fourth-order valence-corrected chi connectivity index (χ4v) is 2.94. The maximum absolute atomic E-state index is 4.37. The lowest BCUT2D eigenvalue weighted by Crippen LogP contribution is -2.18. The van der Waals surface area contributed by atoms with Crippen molar-refractivity contribution in [2.75, 3.05) is 11.9 Å². The first-order chi connectivity index (χ1) is 7.81. The second kappa shape index (κ2) is 3.93. The zero-order valence-corrected chi connectivity index (χ0v) is 9.69. The second-order valence-electron chi connectivity index (χ2n) is 5.14. The molecule has 3 rings (SSSR count). The van der Waals surface area contributed by atoms with Crippen molar-refractivity contribution in [2.24, 2.45) is 17.8 Å². The van der Waals surface area contributed by atoms with Crippen molar-refractivity contribution in [3.8, 4) is 0 Å². The Morgan fingerprint density at radius 2 is 2.25 bits per heavy atom. The van der Waals surface area contributed by atoms with Crippen LogP contribution in [0.1, 0.15) is 18.4 Å². The van der Waals surface area contributed by atoms with Crippen LogP contribution in [0.25, 0.3) is 0 Å². The molecule has 2 bridgehead atoms. The first-order valence-corrected chi connectivity index (χ1v) is 6.16. The maximum Gasteiger partial charge on any atom is 0.125 e. The largest absolute Gasteiger partial charge is 0.370 e. The molecule has 0 spiro atoms. The van der Waals surface area contributed by atoms with Crippen molar-refractivity contribution in [1.82, 2.24) is 4.98 Å². The summed E-state index contributed by atoms with van der Waals surface area (Å²) in [5.41, 5.74) is 1.22. The Hall–Kier alpha value is -1.31. The minimum atomic E-state index is 0.818. The molecule has 1 heterocycles. The molecule has 0 amide bonds. The summed E-state index contributed by atoms with van der Waals surface area (Å²) in [5.74, 6) is 3.51. The number of hydrogen-bond acceptors (Lipinski definition) is 2. The molecule has 1 fully saturated rings. The van der Waals surface area contributed by atoms with E-state index in [-0.39, 0.29) is 0 Å². The summed E-state index contributed by atoms with van der Waals surface area (Å²) in [4.78, 5) is 4.37. The zero-order valence-electron chi connectivity index (χ0n) is 9.69. The average Bonchev–Trinajstić information content (AvgIpc) is 2.90.